The third-order valence-electron chi connectivity index (χ3n) is 7.29. The summed E-state index contributed by atoms with van der Waals surface area (Å²) in [5.74, 6) is 0.987. The van der Waals surface area contributed by atoms with E-state index in [1.807, 2.05) is 13.8 Å². The molecule has 4 aliphatic rings. The molecule has 4 rings (SSSR count). The van der Waals surface area contributed by atoms with Crippen LogP contribution in [0.1, 0.15) is 72.6 Å². The molecule has 4 fully saturated rings. The Bertz CT molecular complexity index is 565. The van der Waals surface area contributed by atoms with Crippen LogP contribution in [0.5, 0.6) is 0 Å². The number of hydrogen-bond acceptors (Lipinski definition) is 4. The Hall–Kier alpha value is -1.32. The monoisotopic (exact) mass is 362 g/mol. The summed E-state index contributed by atoms with van der Waals surface area (Å²) >= 11 is 0. The van der Waals surface area contributed by atoms with Crippen LogP contribution in [0.2, 0.25) is 0 Å². The summed E-state index contributed by atoms with van der Waals surface area (Å²) < 4.78 is 11.5. The van der Waals surface area contributed by atoms with E-state index in [1.54, 1.807) is 0 Å². The van der Waals surface area contributed by atoms with Crippen LogP contribution in [0, 0.1) is 29.1 Å². The van der Waals surface area contributed by atoms with Gasteiger partial charge in [-0.1, -0.05) is 27.4 Å². The molecular formula is C22H34O4. The standard InChI is InChI=1S/C22H34O4/c1-6-19(23)25-15(4)8-14(3)20(24)26-22(7-2)17-9-16-10-18(22)13-21(5,11-16)12-17/h6,14-18H,1,7-13H2,2-5H3. The lowest BCUT2D eigenvalue weighted by Crippen LogP contribution is -2.62. The molecule has 4 saturated carbocycles. The normalized spacial score (nSPS) is 39.9. The van der Waals surface area contributed by atoms with Gasteiger partial charge in [-0.3, -0.25) is 4.79 Å². The summed E-state index contributed by atoms with van der Waals surface area (Å²) in [7, 11) is 0. The van der Waals surface area contributed by atoms with Crippen LogP contribution in [0.25, 0.3) is 0 Å². The van der Waals surface area contributed by atoms with Crippen LogP contribution in [0.15, 0.2) is 12.7 Å². The van der Waals surface area contributed by atoms with Gasteiger partial charge in [0.05, 0.1) is 5.92 Å². The van der Waals surface area contributed by atoms with Crippen LogP contribution in [-0.4, -0.2) is 23.6 Å². The molecule has 26 heavy (non-hydrogen) atoms. The first kappa shape index (κ1) is 19.4. The molecule has 0 aromatic heterocycles. The lowest BCUT2D eigenvalue weighted by atomic mass is 9.44. The van der Waals surface area contributed by atoms with Crippen molar-refractivity contribution in [2.24, 2.45) is 29.1 Å². The average molecular weight is 363 g/mol. The van der Waals surface area contributed by atoms with Crippen molar-refractivity contribution in [3.63, 3.8) is 0 Å². The van der Waals surface area contributed by atoms with Crippen molar-refractivity contribution in [3.05, 3.63) is 12.7 Å². The van der Waals surface area contributed by atoms with Crippen LogP contribution in [0.4, 0.5) is 0 Å². The van der Waals surface area contributed by atoms with Gasteiger partial charge in [0.2, 0.25) is 0 Å². The van der Waals surface area contributed by atoms with E-state index in [0.29, 0.717) is 23.7 Å². The molecule has 0 amide bonds. The molecular weight excluding hydrogens is 328 g/mol. The summed E-state index contributed by atoms with van der Waals surface area (Å²) in [6, 6.07) is 0. The van der Waals surface area contributed by atoms with E-state index in [1.165, 1.54) is 32.1 Å². The molecule has 146 valence electrons. The van der Waals surface area contributed by atoms with Crippen molar-refractivity contribution in [2.45, 2.75) is 84.3 Å². The Labute approximate surface area is 157 Å². The van der Waals surface area contributed by atoms with E-state index in [0.717, 1.165) is 18.4 Å². The zero-order valence-corrected chi connectivity index (χ0v) is 16.8. The van der Waals surface area contributed by atoms with E-state index in [4.69, 9.17) is 9.47 Å². The van der Waals surface area contributed by atoms with Crippen molar-refractivity contribution in [1.29, 1.82) is 0 Å². The van der Waals surface area contributed by atoms with Crippen LogP contribution in [-0.2, 0) is 19.1 Å². The fraction of sp³-hybridized carbons (Fsp3) is 0.818. The zero-order chi connectivity index (χ0) is 19.1. The number of carbonyl (C=O) groups is 2. The van der Waals surface area contributed by atoms with Crippen molar-refractivity contribution >= 4 is 11.9 Å². The quantitative estimate of drug-likeness (QED) is 0.488. The Morgan fingerprint density at radius 2 is 1.81 bits per heavy atom. The first-order valence-corrected chi connectivity index (χ1v) is 10.3. The summed E-state index contributed by atoms with van der Waals surface area (Å²) in [5, 5.41) is 0. The summed E-state index contributed by atoms with van der Waals surface area (Å²) in [5.41, 5.74) is 0.184. The van der Waals surface area contributed by atoms with Gasteiger partial charge >= 0.3 is 11.9 Å². The molecule has 4 atom stereocenters. The SMILES string of the molecule is C=CC(=O)OC(C)CC(C)C(=O)OC1(CC)C2CC3CC1CC(C)(C3)C2. The average Bonchev–Trinajstić information content (AvgIpc) is 2.56. The Morgan fingerprint density at radius 3 is 2.31 bits per heavy atom. The smallest absolute Gasteiger partial charge is 0.330 e. The maximum atomic E-state index is 12.9. The third-order valence-corrected chi connectivity index (χ3v) is 7.29. The molecule has 0 N–H and O–H groups in total. The van der Waals surface area contributed by atoms with Gasteiger partial charge in [0, 0.05) is 6.08 Å². The number of rotatable bonds is 7. The predicted octanol–water partition coefficient (Wildman–Crippen LogP) is 4.67. The number of carbonyl (C=O) groups excluding carboxylic acids is 2. The van der Waals surface area contributed by atoms with E-state index < -0.39 is 5.97 Å². The minimum atomic E-state index is -0.447. The molecule has 4 bridgehead atoms. The number of hydrogen-bond donors (Lipinski definition) is 0. The fourth-order valence-electron chi connectivity index (χ4n) is 6.44. The lowest BCUT2D eigenvalue weighted by Gasteiger charge is -2.63. The summed E-state index contributed by atoms with van der Waals surface area (Å²) in [4.78, 5) is 24.2. The molecule has 0 saturated heterocycles. The molecule has 4 heteroatoms. The topological polar surface area (TPSA) is 52.6 Å². The second-order valence-corrected chi connectivity index (χ2v) is 9.47. The van der Waals surface area contributed by atoms with Crippen LogP contribution < -0.4 is 0 Å². The van der Waals surface area contributed by atoms with Gasteiger partial charge in [-0.25, -0.2) is 4.79 Å². The van der Waals surface area contributed by atoms with Crippen LogP contribution >= 0.6 is 0 Å². The molecule has 4 nitrogen and oxygen atoms in total. The minimum absolute atomic E-state index is 0.133. The van der Waals surface area contributed by atoms with Gasteiger partial charge in [0.1, 0.15) is 11.7 Å². The third kappa shape index (κ3) is 3.44. The molecule has 0 spiro atoms. The van der Waals surface area contributed by atoms with Crippen LogP contribution in [0.3, 0.4) is 0 Å². The van der Waals surface area contributed by atoms with Crippen molar-refractivity contribution < 1.29 is 19.1 Å². The predicted molar refractivity (Wildman–Crippen MR) is 100 cm³/mol. The highest BCUT2D eigenvalue weighted by Gasteiger charge is 2.62. The van der Waals surface area contributed by atoms with Gasteiger partial charge < -0.3 is 9.47 Å². The second-order valence-electron chi connectivity index (χ2n) is 9.47. The van der Waals surface area contributed by atoms with Crippen molar-refractivity contribution in [2.75, 3.05) is 0 Å². The Balaban J connectivity index is 1.65. The second kappa shape index (κ2) is 7.01. The summed E-state index contributed by atoms with van der Waals surface area (Å²) in [6.45, 7) is 11.7. The highest BCUT2D eigenvalue weighted by molar-refractivity contribution is 5.81. The van der Waals surface area contributed by atoms with E-state index in [9.17, 15) is 9.59 Å². The fourth-order valence-corrected chi connectivity index (χ4v) is 6.44. The molecule has 0 heterocycles. The Kier molecular flexibility index (Phi) is 5.24. The molecule has 0 aromatic carbocycles. The molecule has 0 radical (unpaired) electrons. The van der Waals surface area contributed by atoms with Gasteiger partial charge in [-0.05, 0) is 75.0 Å². The number of esters is 2. The molecule has 0 aliphatic heterocycles. The first-order valence-electron chi connectivity index (χ1n) is 10.3. The molecule has 4 unspecified atom stereocenters. The summed E-state index contributed by atoms with van der Waals surface area (Å²) in [6.07, 6.45) is 8.41. The molecule has 0 aromatic rings. The van der Waals surface area contributed by atoms with E-state index >= 15 is 0 Å². The van der Waals surface area contributed by atoms with Crippen molar-refractivity contribution in [1.82, 2.24) is 0 Å². The first-order chi connectivity index (χ1) is 12.2. The Morgan fingerprint density at radius 1 is 1.19 bits per heavy atom. The molecule has 4 aliphatic carbocycles. The van der Waals surface area contributed by atoms with E-state index in [-0.39, 0.29) is 23.6 Å². The largest absolute Gasteiger partial charge is 0.460 e. The maximum Gasteiger partial charge on any atom is 0.330 e. The van der Waals surface area contributed by atoms with Gasteiger partial charge in [-0.15, -0.1) is 0 Å². The number of ether oxygens (including phenoxy) is 2. The maximum absolute atomic E-state index is 12.9. The highest BCUT2D eigenvalue weighted by atomic mass is 16.6. The lowest BCUT2D eigenvalue weighted by molar-refractivity contribution is -0.227. The van der Waals surface area contributed by atoms with Gasteiger partial charge in [0.25, 0.3) is 0 Å². The van der Waals surface area contributed by atoms with Gasteiger partial charge in [-0.2, -0.15) is 0 Å². The van der Waals surface area contributed by atoms with E-state index in [2.05, 4.69) is 20.4 Å². The zero-order valence-electron chi connectivity index (χ0n) is 16.8. The minimum Gasteiger partial charge on any atom is -0.460 e. The highest BCUT2D eigenvalue weighted by Crippen LogP contribution is 2.65. The van der Waals surface area contributed by atoms with Gasteiger partial charge in [0.15, 0.2) is 0 Å². The van der Waals surface area contributed by atoms with Crippen molar-refractivity contribution in [3.8, 4) is 0 Å².